The van der Waals surface area contributed by atoms with Crippen LogP contribution in [0.15, 0.2) is 24.3 Å². The molecule has 1 aromatic rings. The molecule has 2 nitrogen and oxygen atoms in total. The van der Waals surface area contributed by atoms with Gasteiger partial charge in [0.2, 0.25) is 0 Å². The molecule has 1 aliphatic rings. The van der Waals surface area contributed by atoms with E-state index in [0.717, 1.165) is 19.3 Å². The number of epoxide rings is 1. The number of halogens is 1. The van der Waals surface area contributed by atoms with Crippen LogP contribution in [-0.2, 0) is 4.74 Å². The topological polar surface area (TPSA) is 21.8 Å². The number of hydrogen-bond donors (Lipinski definition) is 0. The van der Waals surface area contributed by atoms with Crippen LogP contribution >= 0.6 is 0 Å². The number of rotatable bonds is 6. The van der Waals surface area contributed by atoms with E-state index < -0.39 is 0 Å². The van der Waals surface area contributed by atoms with Crippen LogP contribution in [0.4, 0.5) is 4.39 Å². The van der Waals surface area contributed by atoms with Crippen molar-refractivity contribution in [3.05, 3.63) is 30.1 Å². The molecule has 2 rings (SSSR count). The van der Waals surface area contributed by atoms with Gasteiger partial charge in [-0.15, -0.1) is 0 Å². The second-order valence-electron chi connectivity index (χ2n) is 6.24. The maximum absolute atomic E-state index is 13.3. The molecule has 1 fully saturated rings. The first-order valence-corrected chi connectivity index (χ1v) is 7.01. The molecule has 1 aliphatic heterocycles. The predicted octanol–water partition coefficient (Wildman–Crippen LogP) is 4.19. The Morgan fingerprint density at radius 3 is 2.58 bits per heavy atom. The van der Waals surface area contributed by atoms with E-state index in [2.05, 4.69) is 20.8 Å². The van der Waals surface area contributed by atoms with Gasteiger partial charge < -0.3 is 9.47 Å². The zero-order chi connectivity index (χ0) is 13.9. The zero-order valence-corrected chi connectivity index (χ0v) is 12.0. The van der Waals surface area contributed by atoms with E-state index in [1.165, 1.54) is 6.07 Å². The molecule has 2 unspecified atom stereocenters. The maximum Gasteiger partial charge on any atom is 0.165 e. The van der Waals surface area contributed by atoms with E-state index in [9.17, 15) is 4.39 Å². The Labute approximate surface area is 114 Å². The maximum atomic E-state index is 13.3. The Kier molecular flexibility index (Phi) is 4.46. The lowest BCUT2D eigenvalue weighted by Crippen LogP contribution is -2.16. The molecule has 1 heterocycles. The molecular weight excluding hydrogens is 243 g/mol. The van der Waals surface area contributed by atoms with Crippen molar-refractivity contribution in [2.24, 2.45) is 5.41 Å². The summed E-state index contributed by atoms with van der Waals surface area (Å²) < 4.78 is 24.4. The average Bonchev–Trinajstić information content (AvgIpc) is 3.10. The van der Waals surface area contributed by atoms with E-state index in [0.29, 0.717) is 24.6 Å². The molecule has 0 bridgehead atoms. The second-order valence-corrected chi connectivity index (χ2v) is 6.24. The smallest absolute Gasteiger partial charge is 0.165 e. The highest BCUT2D eigenvalue weighted by Crippen LogP contribution is 2.40. The lowest BCUT2D eigenvalue weighted by atomic mass is 9.89. The predicted molar refractivity (Wildman–Crippen MR) is 73.9 cm³/mol. The van der Waals surface area contributed by atoms with Crippen molar-refractivity contribution in [3.8, 4) is 5.75 Å². The van der Waals surface area contributed by atoms with E-state index in [1.807, 2.05) is 0 Å². The van der Waals surface area contributed by atoms with Crippen molar-refractivity contribution in [1.29, 1.82) is 0 Å². The highest BCUT2D eigenvalue weighted by Gasteiger charge is 2.46. The third-order valence-electron chi connectivity index (χ3n) is 3.41. The largest absolute Gasteiger partial charge is 0.491 e. The third-order valence-corrected chi connectivity index (χ3v) is 3.41. The molecule has 106 valence electrons. The molecule has 3 heteroatoms. The first-order chi connectivity index (χ1) is 8.98. The fourth-order valence-corrected chi connectivity index (χ4v) is 2.32. The Hall–Kier alpha value is -1.09. The van der Waals surface area contributed by atoms with Crippen LogP contribution in [0.5, 0.6) is 5.75 Å². The Morgan fingerprint density at radius 2 is 1.95 bits per heavy atom. The van der Waals surface area contributed by atoms with E-state index in [4.69, 9.17) is 9.47 Å². The fraction of sp³-hybridized carbons (Fsp3) is 0.625. The SMILES string of the molecule is CC(C)(C)C1OC1CCCCOc1ccccc1F. The van der Waals surface area contributed by atoms with Crippen LogP contribution in [0.25, 0.3) is 0 Å². The van der Waals surface area contributed by atoms with E-state index >= 15 is 0 Å². The minimum atomic E-state index is -0.291. The minimum Gasteiger partial charge on any atom is -0.491 e. The molecular formula is C16H23FO2. The van der Waals surface area contributed by atoms with Crippen LogP contribution in [-0.4, -0.2) is 18.8 Å². The molecule has 0 spiro atoms. The van der Waals surface area contributed by atoms with Crippen LogP contribution in [0.1, 0.15) is 40.0 Å². The molecule has 2 atom stereocenters. The van der Waals surface area contributed by atoms with Gasteiger partial charge in [-0.05, 0) is 36.8 Å². The summed E-state index contributed by atoms with van der Waals surface area (Å²) in [4.78, 5) is 0. The van der Waals surface area contributed by atoms with Crippen LogP contribution in [0.2, 0.25) is 0 Å². The van der Waals surface area contributed by atoms with Gasteiger partial charge in [0.1, 0.15) is 0 Å². The van der Waals surface area contributed by atoms with Gasteiger partial charge >= 0.3 is 0 Å². The lowest BCUT2D eigenvalue weighted by Gasteiger charge is -2.14. The Bertz CT molecular complexity index is 411. The van der Waals surface area contributed by atoms with E-state index in [-0.39, 0.29) is 11.2 Å². The number of ether oxygens (including phenoxy) is 2. The molecule has 1 saturated heterocycles. The number of para-hydroxylation sites is 1. The van der Waals surface area contributed by atoms with Crippen molar-refractivity contribution in [3.63, 3.8) is 0 Å². The highest BCUT2D eigenvalue weighted by atomic mass is 19.1. The van der Waals surface area contributed by atoms with Gasteiger partial charge in [0.15, 0.2) is 11.6 Å². The summed E-state index contributed by atoms with van der Waals surface area (Å²) in [6.07, 6.45) is 3.88. The molecule has 1 aromatic carbocycles. The van der Waals surface area contributed by atoms with Crippen LogP contribution in [0.3, 0.4) is 0 Å². The Morgan fingerprint density at radius 1 is 1.21 bits per heavy atom. The van der Waals surface area contributed by atoms with Crippen molar-refractivity contribution in [2.45, 2.75) is 52.2 Å². The second kappa shape index (κ2) is 5.91. The molecule has 0 aliphatic carbocycles. The lowest BCUT2D eigenvalue weighted by molar-refractivity contribution is 0.258. The van der Waals surface area contributed by atoms with Crippen molar-refractivity contribution in [1.82, 2.24) is 0 Å². The van der Waals surface area contributed by atoms with Crippen molar-refractivity contribution >= 4 is 0 Å². The number of unbranched alkanes of at least 4 members (excludes halogenated alkanes) is 1. The molecule has 0 radical (unpaired) electrons. The van der Waals surface area contributed by atoms with Gasteiger partial charge in [-0.3, -0.25) is 0 Å². The number of hydrogen-bond acceptors (Lipinski definition) is 2. The molecule has 0 aromatic heterocycles. The van der Waals surface area contributed by atoms with Gasteiger partial charge in [0, 0.05) is 0 Å². The summed E-state index contributed by atoms with van der Waals surface area (Å²) >= 11 is 0. The third kappa shape index (κ3) is 4.20. The van der Waals surface area contributed by atoms with Gasteiger partial charge in [-0.25, -0.2) is 4.39 Å². The molecule has 0 saturated carbocycles. The minimum absolute atomic E-state index is 0.244. The van der Waals surface area contributed by atoms with E-state index in [1.54, 1.807) is 18.2 Å². The summed E-state index contributed by atoms with van der Waals surface area (Å²) in [5, 5.41) is 0. The summed E-state index contributed by atoms with van der Waals surface area (Å²) in [5.74, 6) is 0.0542. The normalized spacial score (nSPS) is 22.3. The monoisotopic (exact) mass is 266 g/mol. The summed E-state index contributed by atoms with van der Waals surface area (Å²) in [5.41, 5.74) is 0.244. The number of benzene rings is 1. The quantitative estimate of drug-likeness (QED) is 0.569. The Balaban J connectivity index is 1.58. The fourth-order valence-electron chi connectivity index (χ4n) is 2.32. The van der Waals surface area contributed by atoms with Gasteiger partial charge in [0.05, 0.1) is 18.8 Å². The zero-order valence-electron chi connectivity index (χ0n) is 12.0. The summed E-state index contributed by atoms with van der Waals surface area (Å²) in [6.45, 7) is 7.19. The summed E-state index contributed by atoms with van der Waals surface area (Å²) in [6, 6.07) is 6.53. The van der Waals surface area contributed by atoms with Crippen molar-refractivity contribution in [2.75, 3.05) is 6.61 Å². The van der Waals surface area contributed by atoms with Crippen molar-refractivity contribution < 1.29 is 13.9 Å². The average molecular weight is 266 g/mol. The molecule has 19 heavy (non-hydrogen) atoms. The first kappa shape index (κ1) is 14.3. The van der Waals surface area contributed by atoms with Crippen LogP contribution < -0.4 is 4.74 Å². The van der Waals surface area contributed by atoms with Gasteiger partial charge in [0.25, 0.3) is 0 Å². The summed E-state index contributed by atoms with van der Waals surface area (Å²) in [7, 11) is 0. The highest BCUT2D eigenvalue weighted by molar-refractivity contribution is 5.23. The van der Waals surface area contributed by atoms with Crippen LogP contribution in [0, 0.1) is 11.2 Å². The standard InChI is InChI=1S/C16H23FO2/c1-16(2,3)15-14(19-15)10-6-7-11-18-13-9-5-4-8-12(13)17/h4-5,8-9,14-15H,6-7,10-11H2,1-3H3. The van der Waals surface area contributed by atoms with Gasteiger partial charge in [-0.2, -0.15) is 0 Å². The molecule has 0 N–H and O–H groups in total. The van der Waals surface area contributed by atoms with Gasteiger partial charge in [-0.1, -0.05) is 32.9 Å². The first-order valence-electron chi connectivity index (χ1n) is 7.01. The molecule has 0 amide bonds.